The van der Waals surface area contributed by atoms with Gasteiger partial charge in [0, 0.05) is 18.7 Å². The van der Waals surface area contributed by atoms with Gasteiger partial charge >= 0.3 is 0 Å². The molecule has 1 atom stereocenters. The second-order valence-electron chi connectivity index (χ2n) is 5.08. The molecule has 0 spiro atoms. The minimum atomic E-state index is -0.116. The molecule has 1 amide bonds. The number of hydrogen-bond donors (Lipinski definition) is 3. The van der Waals surface area contributed by atoms with E-state index < -0.39 is 0 Å². The smallest absolute Gasteiger partial charge is 0.240 e. The van der Waals surface area contributed by atoms with Crippen molar-refractivity contribution < 1.29 is 9.90 Å². The Morgan fingerprint density at radius 1 is 1.44 bits per heavy atom. The fourth-order valence-corrected chi connectivity index (χ4v) is 3.99. The van der Waals surface area contributed by atoms with Gasteiger partial charge in [-0.15, -0.1) is 0 Å². The first kappa shape index (κ1) is 14.2. The van der Waals surface area contributed by atoms with Gasteiger partial charge in [0.2, 0.25) is 5.91 Å². The zero-order valence-electron chi connectivity index (χ0n) is 10.4. The van der Waals surface area contributed by atoms with Crippen molar-refractivity contribution in [3.63, 3.8) is 0 Å². The van der Waals surface area contributed by atoms with E-state index in [0.29, 0.717) is 10.9 Å². The molecule has 0 aromatic heterocycles. The highest BCUT2D eigenvalue weighted by Crippen LogP contribution is 2.31. The van der Waals surface area contributed by atoms with E-state index >= 15 is 0 Å². The van der Waals surface area contributed by atoms with Crippen LogP contribution in [0.1, 0.15) is 38.5 Å². The van der Waals surface area contributed by atoms with Gasteiger partial charge in [-0.05, 0) is 19.3 Å². The molecule has 1 aliphatic heterocycles. The average molecular weight is 288 g/mol. The van der Waals surface area contributed by atoms with Crippen molar-refractivity contribution in [2.24, 2.45) is 0 Å². The van der Waals surface area contributed by atoms with Gasteiger partial charge < -0.3 is 15.7 Å². The SMILES string of the molecule is O=C1NC(=S)SC1CNC1(CCO)CCCCC1. The van der Waals surface area contributed by atoms with Crippen molar-refractivity contribution in [2.45, 2.75) is 49.3 Å². The van der Waals surface area contributed by atoms with Gasteiger partial charge in [-0.3, -0.25) is 4.79 Å². The number of aliphatic hydroxyl groups is 1. The normalized spacial score (nSPS) is 27.3. The van der Waals surface area contributed by atoms with Crippen LogP contribution < -0.4 is 10.6 Å². The Morgan fingerprint density at radius 3 is 2.72 bits per heavy atom. The summed E-state index contributed by atoms with van der Waals surface area (Å²) in [6.07, 6.45) is 6.65. The highest BCUT2D eigenvalue weighted by molar-refractivity contribution is 8.24. The third-order valence-corrected chi connectivity index (χ3v) is 5.20. The molecular weight excluding hydrogens is 268 g/mol. The fraction of sp³-hybridized carbons (Fsp3) is 0.833. The number of rotatable bonds is 5. The van der Waals surface area contributed by atoms with Crippen molar-refractivity contribution in [2.75, 3.05) is 13.2 Å². The lowest BCUT2D eigenvalue weighted by molar-refractivity contribution is -0.118. The molecule has 6 heteroatoms. The molecule has 2 aliphatic rings. The lowest BCUT2D eigenvalue weighted by Gasteiger charge is -2.38. The van der Waals surface area contributed by atoms with Gasteiger partial charge in [0.25, 0.3) is 0 Å². The quantitative estimate of drug-likeness (QED) is 0.663. The summed E-state index contributed by atoms with van der Waals surface area (Å²) in [4.78, 5) is 11.6. The lowest BCUT2D eigenvalue weighted by atomic mass is 9.79. The van der Waals surface area contributed by atoms with Crippen LogP contribution in [0.5, 0.6) is 0 Å². The Balaban J connectivity index is 1.89. The van der Waals surface area contributed by atoms with Gasteiger partial charge in [-0.25, -0.2) is 0 Å². The van der Waals surface area contributed by atoms with Gasteiger partial charge in [-0.1, -0.05) is 43.2 Å². The average Bonchev–Trinajstić information content (AvgIpc) is 2.67. The molecule has 1 aliphatic carbocycles. The first-order valence-corrected chi connectivity index (χ1v) is 7.81. The topological polar surface area (TPSA) is 61.4 Å². The molecule has 1 saturated heterocycles. The highest BCUT2D eigenvalue weighted by Gasteiger charge is 2.35. The lowest BCUT2D eigenvalue weighted by Crippen LogP contribution is -2.50. The first-order chi connectivity index (χ1) is 8.65. The van der Waals surface area contributed by atoms with Gasteiger partial charge in [0.05, 0.1) is 0 Å². The standard InChI is InChI=1S/C12H20N2O2S2/c15-7-6-12(4-2-1-3-5-12)13-8-9-10(16)14-11(17)18-9/h9,13,15H,1-8H2,(H,14,16,17). The predicted molar refractivity (Wildman–Crippen MR) is 77.6 cm³/mol. The Morgan fingerprint density at radius 2 is 2.17 bits per heavy atom. The molecule has 1 saturated carbocycles. The molecule has 4 nitrogen and oxygen atoms in total. The second-order valence-corrected chi connectivity index (χ2v) is 6.96. The highest BCUT2D eigenvalue weighted by atomic mass is 32.2. The molecule has 1 heterocycles. The Labute approximate surface area is 117 Å². The maximum absolute atomic E-state index is 11.6. The van der Waals surface area contributed by atoms with E-state index in [4.69, 9.17) is 12.2 Å². The van der Waals surface area contributed by atoms with Crippen molar-refractivity contribution >= 4 is 34.2 Å². The molecule has 1 unspecified atom stereocenters. The van der Waals surface area contributed by atoms with Crippen LogP contribution in [0.3, 0.4) is 0 Å². The van der Waals surface area contributed by atoms with Gasteiger partial charge in [-0.2, -0.15) is 0 Å². The minimum Gasteiger partial charge on any atom is -0.396 e. The van der Waals surface area contributed by atoms with E-state index in [2.05, 4.69) is 10.6 Å². The predicted octanol–water partition coefficient (Wildman–Crippen LogP) is 1.18. The summed E-state index contributed by atoms with van der Waals surface area (Å²) in [5, 5.41) is 15.3. The maximum Gasteiger partial charge on any atom is 0.240 e. The number of thiocarbonyl (C=S) groups is 1. The maximum atomic E-state index is 11.6. The van der Waals surface area contributed by atoms with Crippen LogP contribution >= 0.6 is 24.0 Å². The second kappa shape index (κ2) is 6.32. The van der Waals surface area contributed by atoms with Crippen molar-refractivity contribution in [1.82, 2.24) is 10.6 Å². The molecule has 2 fully saturated rings. The monoisotopic (exact) mass is 288 g/mol. The van der Waals surface area contributed by atoms with Crippen LogP contribution in [0, 0.1) is 0 Å². The summed E-state index contributed by atoms with van der Waals surface area (Å²) < 4.78 is 0.576. The number of carbonyl (C=O) groups excluding carboxylic acids is 1. The van der Waals surface area contributed by atoms with Crippen molar-refractivity contribution in [1.29, 1.82) is 0 Å². The number of hydrogen-bond acceptors (Lipinski definition) is 5. The minimum absolute atomic E-state index is 0.00691. The summed E-state index contributed by atoms with van der Waals surface area (Å²) in [5.74, 6) is 0.00691. The number of thioether (sulfide) groups is 1. The molecular formula is C12H20N2O2S2. The molecule has 102 valence electrons. The van der Waals surface area contributed by atoms with E-state index in [1.54, 1.807) is 0 Å². The summed E-state index contributed by atoms with van der Waals surface area (Å²) in [5.41, 5.74) is 0.0258. The van der Waals surface area contributed by atoms with E-state index in [-0.39, 0.29) is 23.3 Å². The molecule has 2 rings (SSSR count). The number of nitrogens with one attached hydrogen (secondary N) is 2. The molecule has 18 heavy (non-hydrogen) atoms. The molecule has 0 aromatic carbocycles. The molecule has 0 radical (unpaired) electrons. The van der Waals surface area contributed by atoms with E-state index in [0.717, 1.165) is 19.3 Å². The molecule has 0 bridgehead atoms. The summed E-state index contributed by atoms with van der Waals surface area (Å²) in [7, 11) is 0. The van der Waals surface area contributed by atoms with E-state index in [1.165, 1.54) is 31.0 Å². The summed E-state index contributed by atoms with van der Waals surface area (Å²) >= 11 is 6.41. The van der Waals surface area contributed by atoms with Crippen LogP contribution in [0.25, 0.3) is 0 Å². The van der Waals surface area contributed by atoms with Crippen LogP contribution in [-0.2, 0) is 4.79 Å². The third-order valence-electron chi connectivity index (χ3n) is 3.83. The van der Waals surface area contributed by atoms with Crippen LogP contribution in [-0.4, -0.2) is 39.3 Å². The summed E-state index contributed by atoms with van der Waals surface area (Å²) in [6.45, 7) is 0.839. The van der Waals surface area contributed by atoms with Crippen LogP contribution in [0.15, 0.2) is 0 Å². The largest absolute Gasteiger partial charge is 0.396 e. The van der Waals surface area contributed by atoms with Crippen molar-refractivity contribution in [3.8, 4) is 0 Å². The van der Waals surface area contributed by atoms with Gasteiger partial charge in [0.1, 0.15) is 9.57 Å². The van der Waals surface area contributed by atoms with E-state index in [9.17, 15) is 9.90 Å². The zero-order chi connectivity index (χ0) is 13.0. The Bertz CT molecular complexity index is 325. The number of aliphatic hydroxyl groups excluding tert-OH is 1. The number of carbonyl (C=O) groups is 1. The molecule has 0 aromatic rings. The van der Waals surface area contributed by atoms with Gasteiger partial charge in [0.15, 0.2) is 0 Å². The first-order valence-electron chi connectivity index (χ1n) is 6.53. The van der Waals surface area contributed by atoms with Crippen LogP contribution in [0.4, 0.5) is 0 Å². The summed E-state index contributed by atoms with van der Waals surface area (Å²) in [6, 6.07) is 0. The Hall–Kier alpha value is -0.170. The van der Waals surface area contributed by atoms with Crippen molar-refractivity contribution in [3.05, 3.63) is 0 Å². The Kier molecular flexibility index (Phi) is 5.00. The third kappa shape index (κ3) is 3.44. The van der Waals surface area contributed by atoms with Crippen LogP contribution in [0.2, 0.25) is 0 Å². The number of amides is 1. The van der Waals surface area contributed by atoms with E-state index in [1.807, 2.05) is 0 Å². The molecule has 3 N–H and O–H groups in total. The fourth-order valence-electron chi connectivity index (χ4n) is 2.79. The zero-order valence-corrected chi connectivity index (χ0v) is 12.0.